The molecule has 0 amide bonds. The second-order valence-electron chi connectivity index (χ2n) is 2.80. The van der Waals surface area contributed by atoms with E-state index in [0.29, 0.717) is 5.56 Å². The number of nitrogens with two attached hydrogens (primary N) is 2. The largest absolute Gasteiger partial charge is 0.573 e. The molecule has 1 aromatic carbocycles. The van der Waals surface area contributed by atoms with Gasteiger partial charge in [0.15, 0.2) is 0 Å². The SMILES string of the molecule is NCC#Cc1ccc(OC(F)(F)F)cc1N. The van der Waals surface area contributed by atoms with Gasteiger partial charge in [-0.1, -0.05) is 11.8 Å². The molecule has 0 saturated heterocycles. The van der Waals surface area contributed by atoms with Crippen LogP contribution in [-0.4, -0.2) is 12.9 Å². The molecule has 6 heteroatoms. The maximum atomic E-state index is 11.9. The molecule has 0 heterocycles. The number of hydrogen-bond acceptors (Lipinski definition) is 3. The predicted molar refractivity (Wildman–Crippen MR) is 53.5 cm³/mol. The Labute approximate surface area is 90.2 Å². The molecule has 0 bridgehead atoms. The van der Waals surface area contributed by atoms with Gasteiger partial charge in [-0.15, -0.1) is 13.2 Å². The van der Waals surface area contributed by atoms with E-state index in [9.17, 15) is 13.2 Å². The molecule has 0 radical (unpaired) electrons. The number of anilines is 1. The standard InChI is InChI=1S/C10H9F3N2O/c11-10(12,13)16-8-4-3-7(2-1-5-14)9(15)6-8/h3-4,6H,5,14-15H2. The molecule has 0 aliphatic rings. The maximum Gasteiger partial charge on any atom is 0.573 e. The number of nitrogen functional groups attached to an aromatic ring is 1. The molecule has 0 spiro atoms. The molecule has 16 heavy (non-hydrogen) atoms. The highest BCUT2D eigenvalue weighted by atomic mass is 19.4. The molecule has 86 valence electrons. The normalized spacial score (nSPS) is 10.5. The minimum atomic E-state index is -4.73. The number of halogens is 3. The lowest BCUT2D eigenvalue weighted by Crippen LogP contribution is -2.17. The van der Waals surface area contributed by atoms with Crippen LogP contribution in [0.5, 0.6) is 5.75 Å². The van der Waals surface area contributed by atoms with Gasteiger partial charge in [-0.2, -0.15) is 0 Å². The van der Waals surface area contributed by atoms with Gasteiger partial charge in [0.2, 0.25) is 0 Å². The fourth-order valence-corrected chi connectivity index (χ4v) is 0.998. The van der Waals surface area contributed by atoms with Gasteiger partial charge in [0.25, 0.3) is 0 Å². The molecule has 0 unspecified atom stereocenters. The first-order valence-corrected chi connectivity index (χ1v) is 4.26. The van der Waals surface area contributed by atoms with Gasteiger partial charge >= 0.3 is 6.36 Å². The number of benzene rings is 1. The highest BCUT2D eigenvalue weighted by Crippen LogP contribution is 2.25. The minimum absolute atomic E-state index is 0.114. The van der Waals surface area contributed by atoms with Gasteiger partial charge < -0.3 is 16.2 Å². The summed E-state index contributed by atoms with van der Waals surface area (Å²) in [6, 6.07) is 3.55. The van der Waals surface area contributed by atoms with Crippen LogP contribution in [0.15, 0.2) is 18.2 Å². The number of alkyl halides is 3. The lowest BCUT2D eigenvalue weighted by Gasteiger charge is -2.09. The average molecular weight is 230 g/mol. The molecule has 3 nitrogen and oxygen atoms in total. The van der Waals surface area contributed by atoms with Crippen molar-refractivity contribution >= 4 is 5.69 Å². The predicted octanol–water partition coefficient (Wildman–Crippen LogP) is 1.48. The maximum absolute atomic E-state index is 11.9. The first-order valence-electron chi connectivity index (χ1n) is 4.26. The van der Waals surface area contributed by atoms with Gasteiger partial charge in [-0.3, -0.25) is 0 Å². The van der Waals surface area contributed by atoms with Crippen LogP contribution in [0.2, 0.25) is 0 Å². The van der Waals surface area contributed by atoms with Crippen molar-refractivity contribution in [1.82, 2.24) is 0 Å². The van der Waals surface area contributed by atoms with E-state index >= 15 is 0 Å². The van der Waals surface area contributed by atoms with E-state index in [1.165, 1.54) is 6.07 Å². The monoisotopic (exact) mass is 230 g/mol. The van der Waals surface area contributed by atoms with Crippen LogP contribution in [0.3, 0.4) is 0 Å². The zero-order chi connectivity index (χ0) is 12.2. The van der Waals surface area contributed by atoms with Crippen molar-refractivity contribution in [3.05, 3.63) is 23.8 Å². The Hall–Kier alpha value is -1.87. The molecule has 0 saturated carbocycles. The van der Waals surface area contributed by atoms with Crippen molar-refractivity contribution in [2.45, 2.75) is 6.36 Å². The molecule has 1 aromatic rings. The van der Waals surface area contributed by atoms with Gasteiger partial charge in [-0.05, 0) is 12.1 Å². The van der Waals surface area contributed by atoms with E-state index in [1.807, 2.05) is 0 Å². The summed E-state index contributed by atoms with van der Waals surface area (Å²) in [5.41, 5.74) is 11.2. The Kier molecular flexibility index (Phi) is 3.64. The summed E-state index contributed by atoms with van der Waals surface area (Å²) in [5.74, 6) is 4.80. The van der Waals surface area contributed by atoms with Crippen LogP contribution in [0, 0.1) is 11.8 Å². The quantitative estimate of drug-likeness (QED) is 0.567. The van der Waals surface area contributed by atoms with E-state index in [4.69, 9.17) is 11.5 Å². The fourth-order valence-electron chi connectivity index (χ4n) is 0.998. The topological polar surface area (TPSA) is 61.3 Å². The Bertz CT molecular complexity index is 432. The molecule has 0 aliphatic carbocycles. The van der Waals surface area contributed by atoms with E-state index in [0.717, 1.165) is 12.1 Å². The Balaban J connectivity index is 2.91. The van der Waals surface area contributed by atoms with Crippen LogP contribution in [0.25, 0.3) is 0 Å². The van der Waals surface area contributed by atoms with Crippen molar-refractivity contribution in [2.75, 3.05) is 12.3 Å². The van der Waals surface area contributed by atoms with Gasteiger partial charge in [0.05, 0.1) is 12.2 Å². The van der Waals surface area contributed by atoms with Crippen molar-refractivity contribution in [3.8, 4) is 17.6 Å². The zero-order valence-corrected chi connectivity index (χ0v) is 8.14. The molecule has 4 N–H and O–H groups in total. The highest BCUT2D eigenvalue weighted by Gasteiger charge is 2.31. The average Bonchev–Trinajstić information content (AvgIpc) is 2.14. The third-order valence-corrected chi connectivity index (χ3v) is 1.58. The van der Waals surface area contributed by atoms with Crippen LogP contribution in [0.1, 0.15) is 5.56 Å². The molecular weight excluding hydrogens is 221 g/mol. The second kappa shape index (κ2) is 4.77. The second-order valence-corrected chi connectivity index (χ2v) is 2.80. The first kappa shape index (κ1) is 12.2. The first-order chi connectivity index (χ1) is 7.42. The smallest absolute Gasteiger partial charge is 0.406 e. The molecule has 0 aromatic heterocycles. The van der Waals surface area contributed by atoms with E-state index in [-0.39, 0.29) is 18.0 Å². The van der Waals surface area contributed by atoms with Crippen molar-refractivity contribution in [3.63, 3.8) is 0 Å². The number of hydrogen-bond donors (Lipinski definition) is 2. The fraction of sp³-hybridized carbons (Fsp3) is 0.200. The molecular formula is C10H9F3N2O. The lowest BCUT2D eigenvalue weighted by molar-refractivity contribution is -0.274. The summed E-state index contributed by atoms with van der Waals surface area (Å²) in [7, 11) is 0. The lowest BCUT2D eigenvalue weighted by atomic mass is 10.2. The van der Waals surface area contributed by atoms with Crippen LogP contribution >= 0.6 is 0 Å². The Morgan fingerprint density at radius 2 is 2.00 bits per heavy atom. The summed E-state index contributed by atoms with van der Waals surface area (Å²) in [4.78, 5) is 0. The van der Waals surface area contributed by atoms with Crippen LogP contribution in [0.4, 0.5) is 18.9 Å². The third kappa shape index (κ3) is 3.71. The summed E-state index contributed by atoms with van der Waals surface area (Å²) in [6.07, 6.45) is -4.73. The van der Waals surface area contributed by atoms with Crippen LogP contribution < -0.4 is 16.2 Å². The Morgan fingerprint density at radius 1 is 1.31 bits per heavy atom. The molecule has 0 atom stereocenters. The number of rotatable bonds is 1. The van der Waals surface area contributed by atoms with Crippen molar-refractivity contribution in [2.24, 2.45) is 5.73 Å². The summed E-state index contributed by atoms with van der Waals surface area (Å²) < 4.78 is 39.3. The third-order valence-electron chi connectivity index (χ3n) is 1.58. The van der Waals surface area contributed by atoms with Gasteiger partial charge in [-0.25, -0.2) is 0 Å². The Morgan fingerprint density at radius 3 is 2.50 bits per heavy atom. The van der Waals surface area contributed by atoms with E-state index in [1.54, 1.807) is 0 Å². The molecule has 0 aliphatic heterocycles. The van der Waals surface area contributed by atoms with E-state index in [2.05, 4.69) is 16.6 Å². The summed E-state index contributed by atoms with van der Waals surface area (Å²) in [5, 5.41) is 0. The molecule has 0 fully saturated rings. The van der Waals surface area contributed by atoms with Crippen molar-refractivity contribution < 1.29 is 17.9 Å². The minimum Gasteiger partial charge on any atom is -0.406 e. The highest BCUT2D eigenvalue weighted by molar-refractivity contribution is 5.58. The van der Waals surface area contributed by atoms with Crippen LogP contribution in [-0.2, 0) is 0 Å². The van der Waals surface area contributed by atoms with Gasteiger partial charge in [0, 0.05) is 11.6 Å². The number of ether oxygens (including phenoxy) is 1. The summed E-state index contributed by atoms with van der Waals surface area (Å²) >= 11 is 0. The van der Waals surface area contributed by atoms with Gasteiger partial charge in [0.1, 0.15) is 5.75 Å². The van der Waals surface area contributed by atoms with Crippen molar-refractivity contribution in [1.29, 1.82) is 0 Å². The summed E-state index contributed by atoms with van der Waals surface area (Å²) in [6.45, 7) is 0.153. The van der Waals surface area contributed by atoms with E-state index < -0.39 is 6.36 Å². The molecule has 1 rings (SSSR count). The zero-order valence-electron chi connectivity index (χ0n) is 8.14.